The van der Waals surface area contributed by atoms with Gasteiger partial charge in [-0.1, -0.05) is 6.07 Å². The first-order chi connectivity index (χ1) is 12.6. The molecule has 2 N–H and O–H groups in total. The normalized spacial score (nSPS) is 18.9. The van der Waals surface area contributed by atoms with E-state index >= 15 is 0 Å². The first kappa shape index (κ1) is 19.0. The highest BCUT2D eigenvalue weighted by Crippen LogP contribution is 2.33. The van der Waals surface area contributed by atoms with Gasteiger partial charge >= 0.3 is 0 Å². The lowest BCUT2D eigenvalue weighted by atomic mass is 10.1. The van der Waals surface area contributed by atoms with Gasteiger partial charge in [0.15, 0.2) is 11.5 Å². The van der Waals surface area contributed by atoms with Gasteiger partial charge in [-0.3, -0.25) is 9.69 Å². The van der Waals surface area contributed by atoms with E-state index in [9.17, 15) is 4.79 Å². The Labute approximate surface area is 156 Å². The van der Waals surface area contributed by atoms with Gasteiger partial charge in [0.05, 0.1) is 19.3 Å². The number of hydrogen-bond acceptors (Lipinski definition) is 4. The fourth-order valence-electron chi connectivity index (χ4n) is 3.68. The summed E-state index contributed by atoms with van der Waals surface area (Å²) in [6.45, 7) is 3.69. The van der Waals surface area contributed by atoms with Crippen molar-refractivity contribution in [1.82, 2.24) is 4.90 Å². The maximum absolute atomic E-state index is 11.6. The number of rotatable bonds is 10. The molecule has 0 bridgehead atoms. The number of ether oxygens (including phenoxy) is 2. The fourth-order valence-corrected chi connectivity index (χ4v) is 3.68. The number of benzene rings is 1. The number of hydrogen-bond donors (Lipinski definition) is 1. The van der Waals surface area contributed by atoms with E-state index in [-0.39, 0.29) is 11.9 Å². The second-order valence-corrected chi connectivity index (χ2v) is 7.78. The summed E-state index contributed by atoms with van der Waals surface area (Å²) in [4.78, 5) is 13.8. The van der Waals surface area contributed by atoms with Crippen LogP contribution in [0, 0.1) is 5.92 Å². The Bertz CT molecular complexity index is 609. The number of amides is 1. The van der Waals surface area contributed by atoms with Crippen molar-refractivity contribution in [2.75, 3.05) is 20.2 Å². The van der Waals surface area contributed by atoms with Gasteiger partial charge in [0.2, 0.25) is 5.91 Å². The largest absolute Gasteiger partial charge is 0.493 e. The number of carbonyl (C=O) groups excluding carboxylic acids is 1. The summed E-state index contributed by atoms with van der Waals surface area (Å²) in [5.74, 6) is 2.12. The van der Waals surface area contributed by atoms with Crippen LogP contribution in [0.4, 0.5) is 0 Å². The minimum atomic E-state index is -0.247. The monoisotopic (exact) mass is 360 g/mol. The van der Waals surface area contributed by atoms with Gasteiger partial charge in [0, 0.05) is 13.1 Å². The third-order valence-electron chi connectivity index (χ3n) is 5.66. The zero-order valence-corrected chi connectivity index (χ0v) is 16.1. The second-order valence-electron chi connectivity index (χ2n) is 7.78. The van der Waals surface area contributed by atoms with Crippen molar-refractivity contribution >= 4 is 5.91 Å². The molecule has 0 aliphatic heterocycles. The zero-order valence-electron chi connectivity index (χ0n) is 16.1. The molecule has 1 amide bonds. The summed E-state index contributed by atoms with van der Waals surface area (Å²) >= 11 is 0. The second kappa shape index (κ2) is 8.76. The fraction of sp³-hybridized carbons (Fsp3) is 0.667. The van der Waals surface area contributed by atoms with Gasteiger partial charge in [-0.2, -0.15) is 0 Å². The van der Waals surface area contributed by atoms with Gasteiger partial charge in [-0.25, -0.2) is 0 Å². The molecule has 3 rings (SSSR count). The average molecular weight is 360 g/mol. The summed E-state index contributed by atoms with van der Waals surface area (Å²) in [6, 6.07) is 5.98. The van der Waals surface area contributed by atoms with Crippen LogP contribution in [0.15, 0.2) is 18.2 Å². The van der Waals surface area contributed by atoms with Crippen LogP contribution < -0.4 is 15.2 Å². The number of nitrogens with zero attached hydrogens (tertiary/aromatic N) is 1. The summed E-state index contributed by atoms with van der Waals surface area (Å²) in [6.07, 6.45) is 8.48. The molecule has 144 valence electrons. The van der Waals surface area contributed by atoms with Crippen LogP contribution in [0.25, 0.3) is 0 Å². The van der Waals surface area contributed by atoms with Crippen molar-refractivity contribution in [3.8, 4) is 11.5 Å². The number of methoxy groups -OCH3 is 1. The van der Waals surface area contributed by atoms with Gasteiger partial charge < -0.3 is 15.2 Å². The smallest absolute Gasteiger partial charge is 0.234 e. The summed E-state index contributed by atoms with van der Waals surface area (Å²) in [7, 11) is 1.69. The van der Waals surface area contributed by atoms with E-state index in [1.165, 1.54) is 31.2 Å². The van der Waals surface area contributed by atoms with Gasteiger partial charge in [-0.05, 0) is 75.5 Å². The van der Waals surface area contributed by atoms with Crippen LogP contribution in [-0.4, -0.2) is 43.2 Å². The van der Waals surface area contributed by atoms with Crippen molar-refractivity contribution in [3.05, 3.63) is 23.8 Å². The number of nitrogens with two attached hydrogens (primary N) is 1. The van der Waals surface area contributed by atoms with Gasteiger partial charge in [0.1, 0.15) is 0 Å². The SMILES string of the molecule is COc1cc(CCN(CC2CC2)C(C)C(N)=O)ccc1OC1CCCC1. The van der Waals surface area contributed by atoms with E-state index in [0.29, 0.717) is 6.10 Å². The molecule has 0 saturated heterocycles. The lowest BCUT2D eigenvalue weighted by Crippen LogP contribution is -2.44. The number of primary amides is 1. The Morgan fingerprint density at radius 3 is 2.58 bits per heavy atom. The molecule has 0 radical (unpaired) electrons. The predicted octanol–water partition coefficient (Wildman–Crippen LogP) is 3.14. The van der Waals surface area contributed by atoms with E-state index in [1.807, 2.05) is 13.0 Å². The quantitative estimate of drug-likeness (QED) is 0.696. The van der Waals surface area contributed by atoms with Gasteiger partial charge in [-0.15, -0.1) is 0 Å². The molecular formula is C21H32N2O3. The summed E-state index contributed by atoms with van der Waals surface area (Å²) in [5.41, 5.74) is 6.72. The summed E-state index contributed by atoms with van der Waals surface area (Å²) < 4.78 is 11.7. The first-order valence-corrected chi connectivity index (χ1v) is 9.93. The van der Waals surface area contributed by atoms with Crippen molar-refractivity contribution in [2.45, 2.75) is 64.0 Å². The molecule has 26 heavy (non-hydrogen) atoms. The summed E-state index contributed by atoms with van der Waals surface area (Å²) in [5, 5.41) is 0. The molecule has 1 atom stereocenters. The third kappa shape index (κ3) is 5.13. The molecule has 1 unspecified atom stereocenters. The molecule has 5 nitrogen and oxygen atoms in total. The van der Waals surface area contributed by atoms with Crippen LogP contribution in [-0.2, 0) is 11.2 Å². The molecule has 2 aliphatic carbocycles. The van der Waals surface area contributed by atoms with Crippen molar-refractivity contribution in [2.24, 2.45) is 11.7 Å². The maximum Gasteiger partial charge on any atom is 0.234 e. The molecule has 1 aromatic rings. The average Bonchev–Trinajstić information content (AvgIpc) is 3.31. The van der Waals surface area contributed by atoms with Crippen molar-refractivity contribution < 1.29 is 14.3 Å². The lowest BCUT2D eigenvalue weighted by molar-refractivity contribution is -0.122. The lowest BCUT2D eigenvalue weighted by Gasteiger charge is -2.27. The third-order valence-corrected chi connectivity index (χ3v) is 5.66. The Morgan fingerprint density at radius 1 is 1.23 bits per heavy atom. The van der Waals surface area contributed by atoms with Crippen LogP contribution in [0.3, 0.4) is 0 Å². The molecule has 0 spiro atoms. The highest BCUT2D eigenvalue weighted by atomic mass is 16.5. The highest BCUT2D eigenvalue weighted by Gasteiger charge is 2.28. The molecule has 0 aromatic heterocycles. The van der Waals surface area contributed by atoms with E-state index in [0.717, 1.165) is 49.8 Å². The molecular weight excluding hydrogens is 328 g/mol. The Balaban J connectivity index is 1.61. The van der Waals surface area contributed by atoms with Crippen LogP contribution in [0.5, 0.6) is 11.5 Å². The molecule has 1 aromatic carbocycles. The minimum Gasteiger partial charge on any atom is -0.493 e. The van der Waals surface area contributed by atoms with Gasteiger partial charge in [0.25, 0.3) is 0 Å². The van der Waals surface area contributed by atoms with Crippen LogP contribution in [0.2, 0.25) is 0 Å². The topological polar surface area (TPSA) is 64.8 Å². The van der Waals surface area contributed by atoms with E-state index in [4.69, 9.17) is 15.2 Å². The van der Waals surface area contributed by atoms with Crippen molar-refractivity contribution in [1.29, 1.82) is 0 Å². The molecule has 2 fully saturated rings. The van der Waals surface area contributed by atoms with Crippen molar-refractivity contribution in [3.63, 3.8) is 0 Å². The molecule has 2 saturated carbocycles. The Hall–Kier alpha value is -1.75. The predicted molar refractivity (Wildman–Crippen MR) is 103 cm³/mol. The first-order valence-electron chi connectivity index (χ1n) is 9.93. The number of carbonyl (C=O) groups is 1. The zero-order chi connectivity index (χ0) is 18.5. The Kier molecular flexibility index (Phi) is 6.41. The molecule has 2 aliphatic rings. The Morgan fingerprint density at radius 2 is 1.96 bits per heavy atom. The maximum atomic E-state index is 11.6. The van der Waals surface area contributed by atoms with E-state index in [2.05, 4.69) is 17.0 Å². The minimum absolute atomic E-state index is 0.220. The molecule has 5 heteroatoms. The standard InChI is InChI=1S/C21H32N2O3/c1-15(21(22)24)23(14-17-7-8-17)12-11-16-9-10-19(20(13-16)25-2)26-18-5-3-4-6-18/h9-10,13,15,17-18H,3-8,11-12,14H2,1-2H3,(H2,22,24). The van der Waals surface area contributed by atoms with Crippen LogP contribution >= 0.6 is 0 Å². The highest BCUT2D eigenvalue weighted by molar-refractivity contribution is 5.79. The van der Waals surface area contributed by atoms with E-state index < -0.39 is 0 Å². The molecule has 0 heterocycles. The van der Waals surface area contributed by atoms with E-state index in [1.54, 1.807) is 7.11 Å². The van der Waals surface area contributed by atoms with Crippen LogP contribution in [0.1, 0.15) is 51.0 Å².